The fourth-order valence-electron chi connectivity index (χ4n) is 5.89. The van der Waals surface area contributed by atoms with Crippen molar-refractivity contribution in [1.82, 2.24) is 24.8 Å². The zero-order valence-electron chi connectivity index (χ0n) is 25.3. The van der Waals surface area contributed by atoms with Gasteiger partial charge >= 0.3 is 0 Å². The zero-order chi connectivity index (χ0) is 30.8. The number of amides is 2. The highest BCUT2D eigenvalue weighted by Crippen LogP contribution is 2.37. The molecule has 2 saturated heterocycles. The third-order valence-corrected chi connectivity index (χ3v) is 8.84. The van der Waals surface area contributed by atoms with Gasteiger partial charge in [0.05, 0.1) is 34.4 Å². The van der Waals surface area contributed by atoms with Crippen LogP contribution < -0.4 is 10.2 Å². The number of hydrogen-bond donors (Lipinski definition) is 1. The number of carbonyl (C=O) groups excluding carboxylic acids is 2. The molecule has 3 aromatic rings. The number of piperazine rings is 1. The van der Waals surface area contributed by atoms with E-state index in [2.05, 4.69) is 37.1 Å². The summed E-state index contributed by atoms with van der Waals surface area (Å²) in [6.45, 7) is 8.72. The number of anilines is 2. The van der Waals surface area contributed by atoms with Crippen LogP contribution in [0.5, 0.6) is 0 Å². The quantitative estimate of drug-likeness (QED) is 0.392. The second-order valence-corrected chi connectivity index (χ2v) is 12.0. The number of likely N-dealkylation sites (N-methyl/N-ethyl adjacent to an activating group) is 1. The maximum atomic E-state index is 13.6. The Morgan fingerprint density at radius 2 is 1.89 bits per heavy atom. The minimum Gasteiger partial charge on any atom is -0.381 e. The molecule has 11 nitrogen and oxygen atoms in total. The SMILES string of the molecule is C/C(=N\C(=O)CN1C(=O)c2cc(-c3nc(NC4CCOCC4)ncc3Cl)ccc2[C@H]1C)c1cccc(N2CCN(C)CC2)n1. The first kappa shape index (κ1) is 30.1. The molecule has 2 aromatic heterocycles. The van der Waals surface area contributed by atoms with Crippen LogP contribution in [-0.2, 0) is 9.53 Å². The molecule has 0 radical (unpaired) electrons. The van der Waals surface area contributed by atoms with Gasteiger partial charge in [-0.05, 0) is 57.5 Å². The van der Waals surface area contributed by atoms with E-state index in [-0.39, 0.29) is 24.5 Å². The fraction of sp³-hybridized carbons (Fsp3) is 0.438. The largest absolute Gasteiger partial charge is 0.381 e. The number of ether oxygens (including phenoxy) is 1. The van der Waals surface area contributed by atoms with Crippen LogP contribution in [0.1, 0.15) is 54.3 Å². The molecule has 0 aliphatic carbocycles. The molecule has 230 valence electrons. The van der Waals surface area contributed by atoms with E-state index in [4.69, 9.17) is 21.3 Å². The van der Waals surface area contributed by atoms with Crippen molar-refractivity contribution in [2.45, 2.75) is 38.8 Å². The summed E-state index contributed by atoms with van der Waals surface area (Å²) in [5, 5.41) is 3.76. The number of aromatic nitrogens is 3. The van der Waals surface area contributed by atoms with Gasteiger partial charge in [0.15, 0.2) is 0 Å². The van der Waals surface area contributed by atoms with Gasteiger partial charge < -0.3 is 24.8 Å². The van der Waals surface area contributed by atoms with E-state index in [0.717, 1.165) is 50.4 Å². The Labute approximate surface area is 262 Å². The molecule has 0 bridgehead atoms. The van der Waals surface area contributed by atoms with E-state index in [1.165, 1.54) is 0 Å². The number of carbonyl (C=O) groups is 2. The summed E-state index contributed by atoms with van der Waals surface area (Å²) in [6, 6.07) is 11.3. The van der Waals surface area contributed by atoms with Crippen LogP contribution in [0.2, 0.25) is 5.02 Å². The van der Waals surface area contributed by atoms with E-state index < -0.39 is 5.91 Å². The zero-order valence-corrected chi connectivity index (χ0v) is 26.0. The van der Waals surface area contributed by atoms with Gasteiger partial charge in [0.2, 0.25) is 5.95 Å². The minimum absolute atomic E-state index is 0.132. The minimum atomic E-state index is -0.398. The Kier molecular flexibility index (Phi) is 8.88. The molecule has 5 heterocycles. The number of pyridine rings is 1. The Hall–Kier alpha value is -3.93. The molecular weight excluding hydrogens is 580 g/mol. The maximum absolute atomic E-state index is 13.6. The van der Waals surface area contributed by atoms with Crippen LogP contribution in [0.25, 0.3) is 11.3 Å². The summed E-state index contributed by atoms with van der Waals surface area (Å²) in [5.74, 6) is 0.740. The molecule has 0 spiro atoms. The maximum Gasteiger partial charge on any atom is 0.265 e. The van der Waals surface area contributed by atoms with Crippen molar-refractivity contribution in [2.75, 3.05) is 63.2 Å². The van der Waals surface area contributed by atoms with Crippen LogP contribution in [0.4, 0.5) is 11.8 Å². The second-order valence-electron chi connectivity index (χ2n) is 11.6. The summed E-state index contributed by atoms with van der Waals surface area (Å²) >= 11 is 6.51. The van der Waals surface area contributed by atoms with Gasteiger partial charge in [-0.1, -0.05) is 29.8 Å². The molecule has 0 unspecified atom stereocenters. The number of halogens is 1. The first-order valence-corrected chi connectivity index (χ1v) is 15.5. The van der Waals surface area contributed by atoms with Crippen molar-refractivity contribution in [3.63, 3.8) is 0 Å². The number of aliphatic imine (C=N–C) groups is 1. The highest BCUT2D eigenvalue weighted by atomic mass is 35.5. The smallest absolute Gasteiger partial charge is 0.265 e. The lowest BCUT2D eigenvalue weighted by molar-refractivity contribution is -0.118. The van der Waals surface area contributed by atoms with Gasteiger partial charge in [0.1, 0.15) is 12.4 Å². The molecule has 3 aliphatic rings. The van der Waals surface area contributed by atoms with E-state index in [9.17, 15) is 9.59 Å². The Morgan fingerprint density at radius 1 is 1.11 bits per heavy atom. The van der Waals surface area contributed by atoms with Crippen molar-refractivity contribution < 1.29 is 14.3 Å². The number of nitrogens with one attached hydrogen (secondary N) is 1. The normalized spacial score (nSPS) is 19.8. The standard InChI is InChI=1S/C32H37ClN8O3/c1-20(27-5-4-6-28(37-27)40-13-11-39(3)12-14-40)35-29(42)19-41-21(2)24-8-7-22(17-25(24)31(41)43)30-26(33)18-34-32(38-30)36-23-9-15-44-16-10-23/h4-8,17-18,21,23H,9-16,19H2,1-3H3,(H,34,36,38)/b35-20+/t21-/m1/s1. The van der Waals surface area contributed by atoms with Crippen molar-refractivity contribution in [3.05, 3.63) is 64.4 Å². The van der Waals surface area contributed by atoms with Crippen molar-refractivity contribution >= 4 is 40.9 Å². The Bertz CT molecular complexity index is 1580. The van der Waals surface area contributed by atoms with Gasteiger partial charge in [-0.15, -0.1) is 0 Å². The van der Waals surface area contributed by atoms with Crippen LogP contribution in [0.3, 0.4) is 0 Å². The van der Waals surface area contributed by atoms with E-state index in [0.29, 0.717) is 52.4 Å². The first-order chi connectivity index (χ1) is 21.3. The summed E-state index contributed by atoms with van der Waals surface area (Å²) in [5.41, 5.74) is 3.79. The molecule has 0 saturated carbocycles. The fourth-order valence-corrected chi connectivity index (χ4v) is 6.09. The number of fused-ring (bicyclic) bond motifs is 1. The van der Waals surface area contributed by atoms with Crippen molar-refractivity contribution in [2.24, 2.45) is 4.99 Å². The lowest BCUT2D eigenvalue weighted by Gasteiger charge is -2.33. The number of benzene rings is 1. The number of hydrogen-bond acceptors (Lipinski definition) is 9. The molecular formula is C32H37ClN8O3. The molecule has 6 rings (SSSR count). The van der Waals surface area contributed by atoms with Crippen LogP contribution in [0, 0.1) is 0 Å². The van der Waals surface area contributed by atoms with Gasteiger partial charge in [-0.3, -0.25) is 9.59 Å². The predicted octanol–water partition coefficient (Wildman–Crippen LogP) is 4.09. The highest BCUT2D eigenvalue weighted by molar-refractivity contribution is 6.33. The third-order valence-electron chi connectivity index (χ3n) is 8.56. The molecule has 2 fully saturated rings. The Balaban J connectivity index is 1.15. The molecule has 1 atom stereocenters. The number of rotatable bonds is 7. The van der Waals surface area contributed by atoms with Gasteiger partial charge in [-0.25, -0.2) is 19.9 Å². The third kappa shape index (κ3) is 6.45. The van der Waals surface area contributed by atoms with Crippen LogP contribution >= 0.6 is 11.6 Å². The number of nitrogens with zero attached hydrogens (tertiary/aromatic N) is 7. The molecule has 1 N–H and O–H groups in total. The average Bonchev–Trinajstić information content (AvgIpc) is 3.27. The highest BCUT2D eigenvalue weighted by Gasteiger charge is 2.35. The molecule has 44 heavy (non-hydrogen) atoms. The molecule has 1 aromatic carbocycles. The topological polar surface area (TPSA) is 116 Å². The molecule has 3 aliphatic heterocycles. The first-order valence-electron chi connectivity index (χ1n) is 15.1. The average molecular weight is 617 g/mol. The summed E-state index contributed by atoms with van der Waals surface area (Å²) in [7, 11) is 2.11. The van der Waals surface area contributed by atoms with Crippen LogP contribution in [-0.4, -0.2) is 101 Å². The van der Waals surface area contributed by atoms with Crippen molar-refractivity contribution in [1.29, 1.82) is 0 Å². The summed E-state index contributed by atoms with van der Waals surface area (Å²) in [4.78, 5) is 50.9. The molecule has 12 heteroatoms. The van der Waals surface area contributed by atoms with Crippen molar-refractivity contribution in [3.8, 4) is 11.3 Å². The summed E-state index contributed by atoms with van der Waals surface area (Å²) in [6.07, 6.45) is 3.33. The predicted molar refractivity (Wildman–Crippen MR) is 171 cm³/mol. The summed E-state index contributed by atoms with van der Waals surface area (Å²) < 4.78 is 5.44. The van der Waals surface area contributed by atoms with Gasteiger partial charge in [0.25, 0.3) is 11.8 Å². The lowest BCUT2D eigenvalue weighted by Crippen LogP contribution is -2.44. The monoisotopic (exact) mass is 616 g/mol. The van der Waals surface area contributed by atoms with Gasteiger partial charge in [0, 0.05) is 56.6 Å². The van der Waals surface area contributed by atoms with E-state index in [1.807, 2.05) is 37.3 Å². The van der Waals surface area contributed by atoms with Crippen LogP contribution in [0.15, 0.2) is 47.6 Å². The molecule has 2 amide bonds. The lowest BCUT2D eigenvalue weighted by atomic mass is 10.0. The van der Waals surface area contributed by atoms with E-state index >= 15 is 0 Å². The van der Waals surface area contributed by atoms with Gasteiger partial charge in [-0.2, -0.15) is 0 Å². The second kappa shape index (κ2) is 13.0. The Morgan fingerprint density at radius 3 is 2.66 bits per heavy atom. The van der Waals surface area contributed by atoms with E-state index in [1.54, 1.807) is 24.1 Å².